The van der Waals surface area contributed by atoms with Crippen LogP contribution in [-0.4, -0.2) is 65.3 Å². The van der Waals surface area contributed by atoms with Crippen molar-refractivity contribution in [1.82, 2.24) is 14.7 Å². The third kappa shape index (κ3) is 3.78. The van der Waals surface area contributed by atoms with Gasteiger partial charge >= 0.3 is 0 Å². The van der Waals surface area contributed by atoms with Gasteiger partial charge in [-0.05, 0) is 38.8 Å². The monoisotopic (exact) mass is 357 g/mol. The molecule has 1 aromatic carbocycles. The number of rotatable bonds is 6. The molecule has 0 radical (unpaired) electrons. The van der Waals surface area contributed by atoms with Crippen LogP contribution in [-0.2, 0) is 16.1 Å². The summed E-state index contributed by atoms with van der Waals surface area (Å²) in [6.07, 6.45) is 1.38. The van der Waals surface area contributed by atoms with E-state index in [0.717, 1.165) is 38.3 Å². The number of carbonyl (C=O) groups excluding carboxylic acids is 2. The summed E-state index contributed by atoms with van der Waals surface area (Å²) in [6, 6.07) is 10.1. The van der Waals surface area contributed by atoms with Crippen molar-refractivity contribution < 1.29 is 9.59 Å². The van der Waals surface area contributed by atoms with Gasteiger partial charge in [0, 0.05) is 38.8 Å². The number of piperazine rings is 1. The van der Waals surface area contributed by atoms with E-state index >= 15 is 0 Å². The maximum absolute atomic E-state index is 13.3. The Hall–Kier alpha value is -1.88. The molecule has 2 aliphatic rings. The van der Waals surface area contributed by atoms with Crippen LogP contribution in [0.15, 0.2) is 30.3 Å². The average molecular weight is 357 g/mol. The highest BCUT2D eigenvalue weighted by molar-refractivity contribution is 6.08. The number of hydrogen-bond acceptors (Lipinski definition) is 3. The van der Waals surface area contributed by atoms with E-state index in [4.69, 9.17) is 0 Å². The molecular weight excluding hydrogens is 326 g/mol. The molecule has 2 amide bonds. The van der Waals surface area contributed by atoms with E-state index in [0.29, 0.717) is 19.4 Å². The molecule has 1 saturated heterocycles. The van der Waals surface area contributed by atoms with Gasteiger partial charge in [0.2, 0.25) is 11.8 Å². The number of benzene rings is 1. The molecule has 0 atom stereocenters. The van der Waals surface area contributed by atoms with E-state index in [9.17, 15) is 9.59 Å². The Morgan fingerprint density at radius 1 is 1.08 bits per heavy atom. The molecule has 26 heavy (non-hydrogen) atoms. The van der Waals surface area contributed by atoms with Gasteiger partial charge in [0.25, 0.3) is 0 Å². The predicted molar refractivity (Wildman–Crippen MR) is 102 cm³/mol. The lowest BCUT2D eigenvalue weighted by Crippen LogP contribution is -2.54. The van der Waals surface area contributed by atoms with Crippen molar-refractivity contribution in [1.29, 1.82) is 0 Å². The Balaban J connectivity index is 1.71. The number of likely N-dealkylation sites (N-methyl/N-ethyl adjacent to an activating group) is 1. The average Bonchev–Trinajstić information content (AvgIpc) is 3.47. The molecule has 142 valence electrons. The van der Waals surface area contributed by atoms with Crippen LogP contribution in [0.2, 0.25) is 0 Å². The van der Waals surface area contributed by atoms with Crippen molar-refractivity contribution in [2.24, 2.45) is 5.41 Å². The van der Waals surface area contributed by atoms with Crippen LogP contribution in [0.25, 0.3) is 0 Å². The van der Waals surface area contributed by atoms with E-state index in [1.165, 1.54) is 0 Å². The van der Waals surface area contributed by atoms with Crippen molar-refractivity contribution in [2.75, 3.05) is 32.7 Å². The fraction of sp³-hybridized carbons (Fsp3) is 0.619. The second-order valence-electron chi connectivity index (χ2n) is 7.82. The molecule has 5 heteroatoms. The molecule has 1 heterocycles. The molecule has 0 aromatic heterocycles. The first-order chi connectivity index (χ1) is 12.5. The molecule has 1 aliphatic heterocycles. The Morgan fingerprint density at radius 3 is 2.19 bits per heavy atom. The third-order valence-corrected chi connectivity index (χ3v) is 5.76. The summed E-state index contributed by atoms with van der Waals surface area (Å²) in [5.74, 6) is 0.0660. The van der Waals surface area contributed by atoms with Crippen molar-refractivity contribution >= 4 is 11.8 Å². The quantitative estimate of drug-likeness (QED) is 0.734. The molecule has 5 nitrogen and oxygen atoms in total. The van der Waals surface area contributed by atoms with Gasteiger partial charge in [0.1, 0.15) is 5.41 Å². The number of amides is 2. The zero-order valence-electron chi connectivity index (χ0n) is 16.3. The molecular formula is C21H31N3O2. The summed E-state index contributed by atoms with van der Waals surface area (Å²) in [7, 11) is 0. The number of carbonyl (C=O) groups is 2. The van der Waals surface area contributed by atoms with Gasteiger partial charge in [-0.15, -0.1) is 0 Å². The first-order valence-electron chi connectivity index (χ1n) is 9.84. The summed E-state index contributed by atoms with van der Waals surface area (Å²) in [5, 5.41) is 0. The Morgan fingerprint density at radius 2 is 1.69 bits per heavy atom. The Labute approximate surface area is 156 Å². The summed E-state index contributed by atoms with van der Waals surface area (Å²) in [5.41, 5.74) is 0.308. The normalized spacial score (nSPS) is 19.5. The Kier molecular flexibility index (Phi) is 5.66. The lowest BCUT2D eigenvalue weighted by Gasteiger charge is -2.37. The SMILES string of the molecule is CCN1CCN(C(=O)C2(C(=O)N(Cc3ccccc3)C(C)C)CC2)CC1. The highest BCUT2D eigenvalue weighted by atomic mass is 16.2. The summed E-state index contributed by atoms with van der Waals surface area (Å²) in [6.45, 7) is 11.1. The number of nitrogens with zero attached hydrogens (tertiary/aromatic N) is 3. The van der Waals surface area contributed by atoms with Gasteiger partial charge in [-0.25, -0.2) is 0 Å². The van der Waals surface area contributed by atoms with E-state index < -0.39 is 5.41 Å². The van der Waals surface area contributed by atoms with Crippen LogP contribution in [0.4, 0.5) is 0 Å². The third-order valence-electron chi connectivity index (χ3n) is 5.76. The minimum atomic E-state index is -0.798. The molecule has 0 spiro atoms. The van der Waals surface area contributed by atoms with Gasteiger partial charge in [0.05, 0.1) is 0 Å². The number of hydrogen-bond donors (Lipinski definition) is 0. The first-order valence-corrected chi connectivity index (χ1v) is 9.84. The van der Waals surface area contributed by atoms with Gasteiger partial charge in [-0.1, -0.05) is 37.3 Å². The molecule has 1 aliphatic carbocycles. The van der Waals surface area contributed by atoms with E-state index in [2.05, 4.69) is 11.8 Å². The summed E-state index contributed by atoms with van der Waals surface area (Å²) >= 11 is 0. The minimum absolute atomic E-state index is 0.0132. The van der Waals surface area contributed by atoms with E-state index in [1.54, 1.807) is 0 Å². The van der Waals surface area contributed by atoms with Crippen molar-refractivity contribution in [3.63, 3.8) is 0 Å². The molecule has 2 fully saturated rings. The molecule has 0 bridgehead atoms. The van der Waals surface area contributed by atoms with E-state index in [-0.39, 0.29) is 17.9 Å². The Bertz CT molecular complexity index is 632. The van der Waals surface area contributed by atoms with Crippen LogP contribution in [0.1, 0.15) is 39.2 Å². The standard InChI is InChI=1S/C21H31N3O2/c1-4-22-12-14-23(15-13-22)19(25)21(10-11-21)20(26)24(17(2)3)16-18-8-6-5-7-9-18/h5-9,17H,4,10-16H2,1-3H3. The fourth-order valence-electron chi connectivity index (χ4n) is 3.76. The summed E-state index contributed by atoms with van der Waals surface area (Å²) < 4.78 is 0. The van der Waals surface area contributed by atoms with Gasteiger partial charge in [-0.2, -0.15) is 0 Å². The molecule has 3 rings (SSSR count). The maximum atomic E-state index is 13.3. The second-order valence-corrected chi connectivity index (χ2v) is 7.82. The molecule has 0 N–H and O–H groups in total. The molecule has 1 saturated carbocycles. The second kappa shape index (κ2) is 7.78. The fourth-order valence-corrected chi connectivity index (χ4v) is 3.76. The van der Waals surface area contributed by atoms with Crippen LogP contribution in [0.3, 0.4) is 0 Å². The van der Waals surface area contributed by atoms with Gasteiger partial charge in [0.15, 0.2) is 0 Å². The van der Waals surface area contributed by atoms with Gasteiger partial charge in [-0.3, -0.25) is 9.59 Å². The molecule has 1 aromatic rings. The predicted octanol–water partition coefficient (Wildman–Crippen LogP) is 2.37. The lowest BCUT2D eigenvalue weighted by atomic mass is 10.0. The minimum Gasteiger partial charge on any atom is -0.339 e. The zero-order chi connectivity index (χ0) is 18.7. The largest absolute Gasteiger partial charge is 0.339 e. The van der Waals surface area contributed by atoms with Crippen LogP contribution in [0, 0.1) is 5.41 Å². The van der Waals surface area contributed by atoms with Crippen LogP contribution < -0.4 is 0 Å². The highest BCUT2D eigenvalue weighted by Gasteiger charge is 2.59. The molecule has 0 unspecified atom stereocenters. The lowest BCUT2D eigenvalue weighted by molar-refractivity contribution is -0.151. The van der Waals surface area contributed by atoms with Gasteiger partial charge < -0.3 is 14.7 Å². The topological polar surface area (TPSA) is 43.9 Å². The summed E-state index contributed by atoms with van der Waals surface area (Å²) in [4.78, 5) is 32.6. The van der Waals surface area contributed by atoms with Crippen LogP contribution in [0.5, 0.6) is 0 Å². The van der Waals surface area contributed by atoms with Crippen LogP contribution >= 0.6 is 0 Å². The van der Waals surface area contributed by atoms with E-state index in [1.807, 2.05) is 54.0 Å². The maximum Gasteiger partial charge on any atom is 0.238 e. The van der Waals surface area contributed by atoms with Crippen molar-refractivity contribution in [3.05, 3.63) is 35.9 Å². The zero-order valence-corrected chi connectivity index (χ0v) is 16.3. The highest BCUT2D eigenvalue weighted by Crippen LogP contribution is 2.49. The van der Waals surface area contributed by atoms with Crippen molar-refractivity contribution in [3.8, 4) is 0 Å². The smallest absolute Gasteiger partial charge is 0.238 e. The first kappa shape index (κ1) is 18.9. The van der Waals surface area contributed by atoms with Crippen molar-refractivity contribution in [2.45, 2.75) is 46.2 Å².